The standard InChI is InChI=1S/C18H21F2N3O2/c1-10-8-21-14(11(2)17(10)24)9-22-18(25)16(23(3)4)15-12(19)6-5-7-13(15)20/h5-8,16H,9H2,1-4H3,(H,21,24)(H,22,25). The third kappa shape index (κ3) is 3.93. The van der Waals surface area contributed by atoms with E-state index in [2.05, 4.69) is 10.3 Å². The molecule has 0 spiro atoms. The van der Waals surface area contributed by atoms with E-state index in [0.717, 1.165) is 12.1 Å². The van der Waals surface area contributed by atoms with E-state index in [9.17, 15) is 18.4 Å². The fourth-order valence-electron chi connectivity index (χ4n) is 2.65. The third-order valence-electron chi connectivity index (χ3n) is 4.09. The van der Waals surface area contributed by atoms with Gasteiger partial charge in [0.2, 0.25) is 5.91 Å². The van der Waals surface area contributed by atoms with E-state index >= 15 is 0 Å². The number of rotatable bonds is 5. The molecule has 25 heavy (non-hydrogen) atoms. The number of aromatic nitrogens is 1. The first kappa shape index (κ1) is 18.8. The lowest BCUT2D eigenvalue weighted by Crippen LogP contribution is -2.38. The summed E-state index contributed by atoms with van der Waals surface area (Å²) in [5, 5.41) is 2.64. The van der Waals surface area contributed by atoms with Crippen molar-refractivity contribution < 1.29 is 13.6 Å². The first-order valence-corrected chi connectivity index (χ1v) is 7.79. The van der Waals surface area contributed by atoms with Crippen molar-refractivity contribution in [3.05, 3.63) is 68.6 Å². The van der Waals surface area contributed by atoms with Crippen molar-refractivity contribution in [2.24, 2.45) is 0 Å². The average molecular weight is 349 g/mol. The highest BCUT2D eigenvalue weighted by Crippen LogP contribution is 2.24. The number of nitrogens with one attached hydrogen (secondary N) is 2. The molecule has 7 heteroatoms. The molecule has 1 amide bonds. The molecule has 1 aromatic carbocycles. The Kier molecular flexibility index (Phi) is 5.69. The Balaban J connectivity index is 2.26. The van der Waals surface area contributed by atoms with Gasteiger partial charge in [0.1, 0.15) is 17.7 Å². The highest BCUT2D eigenvalue weighted by atomic mass is 19.1. The number of carbonyl (C=O) groups excluding carboxylic acids is 1. The predicted molar refractivity (Wildman–Crippen MR) is 91.2 cm³/mol. The van der Waals surface area contributed by atoms with E-state index in [1.807, 2.05) is 0 Å². The maximum atomic E-state index is 14.1. The van der Waals surface area contributed by atoms with Gasteiger partial charge < -0.3 is 10.3 Å². The van der Waals surface area contributed by atoms with E-state index < -0.39 is 23.6 Å². The molecule has 0 saturated carbocycles. The van der Waals surface area contributed by atoms with Gasteiger partial charge in [0.25, 0.3) is 0 Å². The summed E-state index contributed by atoms with van der Waals surface area (Å²) in [7, 11) is 3.13. The molecule has 0 aliphatic rings. The second-order valence-corrected chi connectivity index (χ2v) is 6.12. The summed E-state index contributed by atoms with van der Waals surface area (Å²) in [4.78, 5) is 28.9. The van der Waals surface area contributed by atoms with Gasteiger partial charge in [-0.15, -0.1) is 0 Å². The molecule has 0 fully saturated rings. The van der Waals surface area contributed by atoms with E-state index in [-0.39, 0.29) is 17.5 Å². The van der Waals surface area contributed by atoms with Crippen molar-refractivity contribution in [1.29, 1.82) is 0 Å². The van der Waals surface area contributed by atoms with Gasteiger partial charge >= 0.3 is 0 Å². The van der Waals surface area contributed by atoms with Crippen LogP contribution in [-0.4, -0.2) is 29.9 Å². The zero-order valence-electron chi connectivity index (χ0n) is 14.6. The number of aryl methyl sites for hydroxylation is 1. The zero-order valence-corrected chi connectivity index (χ0v) is 14.6. The van der Waals surface area contributed by atoms with Gasteiger partial charge in [-0.05, 0) is 40.1 Å². The Hall–Kier alpha value is -2.54. The van der Waals surface area contributed by atoms with Crippen LogP contribution in [-0.2, 0) is 11.3 Å². The number of aromatic amines is 1. The Morgan fingerprint density at radius 3 is 2.40 bits per heavy atom. The summed E-state index contributed by atoms with van der Waals surface area (Å²) >= 11 is 0. The van der Waals surface area contributed by atoms with E-state index in [1.54, 1.807) is 34.1 Å². The molecule has 1 unspecified atom stereocenters. The lowest BCUT2D eigenvalue weighted by atomic mass is 10.0. The van der Waals surface area contributed by atoms with E-state index in [4.69, 9.17) is 0 Å². The molecular weight excluding hydrogens is 328 g/mol. The van der Waals surface area contributed by atoms with Gasteiger partial charge in [0.15, 0.2) is 5.43 Å². The van der Waals surface area contributed by atoms with Crippen molar-refractivity contribution in [3.63, 3.8) is 0 Å². The van der Waals surface area contributed by atoms with Crippen molar-refractivity contribution in [3.8, 4) is 0 Å². The van der Waals surface area contributed by atoms with Crippen LogP contribution in [0.25, 0.3) is 0 Å². The van der Waals surface area contributed by atoms with Crippen molar-refractivity contribution in [2.75, 3.05) is 14.1 Å². The number of H-pyrrole nitrogens is 1. The normalized spacial score (nSPS) is 12.3. The molecule has 2 N–H and O–H groups in total. The van der Waals surface area contributed by atoms with Crippen LogP contribution in [0.5, 0.6) is 0 Å². The molecule has 2 rings (SSSR count). The highest BCUT2D eigenvalue weighted by Gasteiger charge is 2.28. The van der Waals surface area contributed by atoms with Crippen molar-refractivity contribution in [1.82, 2.24) is 15.2 Å². The summed E-state index contributed by atoms with van der Waals surface area (Å²) < 4.78 is 28.1. The van der Waals surface area contributed by atoms with Gasteiger partial charge in [0.05, 0.1) is 12.1 Å². The molecule has 0 aliphatic carbocycles. The summed E-state index contributed by atoms with van der Waals surface area (Å²) in [6, 6.07) is 2.35. The van der Waals surface area contributed by atoms with Crippen LogP contribution in [0, 0.1) is 25.5 Å². The van der Waals surface area contributed by atoms with Crippen molar-refractivity contribution in [2.45, 2.75) is 26.4 Å². The lowest BCUT2D eigenvalue weighted by Gasteiger charge is -2.24. The van der Waals surface area contributed by atoms with Crippen LogP contribution in [0.15, 0.2) is 29.2 Å². The number of nitrogens with zero attached hydrogens (tertiary/aromatic N) is 1. The molecule has 0 aliphatic heterocycles. The van der Waals surface area contributed by atoms with Gasteiger partial charge in [-0.25, -0.2) is 8.78 Å². The number of benzene rings is 1. The fourth-order valence-corrected chi connectivity index (χ4v) is 2.65. The Bertz CT molecular complexity index is 826. The number of pyridine rings is 1. The molecule has 2 aromatic rings. The monoisotopic (exact) mass is 349 g/mol. The van der Waals surface area contributed by atoms with Gasteiger partial charge in [0, 0.05) is 23.0 Å². The number of likely N-dealkylation sites (N-methyl/N-ethyl adjacent to an activating group) is 1. The summed E-state index contributed by atoms with van der Waals surface area (Å²) in [5.41, 5.74) is 1.22. The number of hydrogen-bond acceptors (Lipinski definition) is 3. The molecule has 5 nitrogen and oxygen atoms in total. The molecule has 1 aromatic heterocycles. The van der Waals surface area contributed by atoms with Crippen LogP contribution >= 0.6 is 0 Å². The molecule has 1 atom stereocenters. The smallest absolute Gasteiger partial charge is 0.242 e. The molecule has 0 radical (unpaired) electrons. The van der Waals surface area contributed by atoms with Gasteiger partial charge in [-0.3, -0.25) is 14.5 Å². The first-order valence-electron chi connectivity index (χ1n) is 7.79. The van der Waals surface area contributed by atoms with Gasteiger partial charge in [-0.1, -0.05) is 6.07 Å². The topological polar surface area (TPSA) is 65.2 Å². The Morgan fingerprint density at radius 2 is 1.84 bits per heavy atom. The number of amides is 1. The molecular formula is C18H21F2N3O2. The minimum absolute atomic E-state index is 0.0561. The minimum Gasteiger partial charge on any atom is -0.363 e. The number of hydrogen-bond donors (Lipinski definition) is 2. The third-order valence-corrected chi connectivity index (χ3v) is 4.09. The lowest BCUT2D eigenvalue weighted by molar-refractivity contribution is -0.126. The number of halogens is 2. The maximum Gasteiger partial charge on any atom is 0.242 e. The molecule has 1 heterocycles. The first-order chi connectivity index (χ1) is 11.7. The maximum absolute atomic E-state index is 14.1. The van der Waals surface area contributed by atoms with Crippen LogP contribution in [0.4, 0.5) is 8.78 Å². The SMILES string of the molecule is Cc1c[nH]c(CNC(=O)C(c2c(F)cccc2F)N(C)C)c(C)c1=O. The van der Waals surface area contributed by atoms with Crippen LogP contribution in [0.1, 0.15) is 28.4 Å². The second-order valence-electron chi connectivity index (χ2n) is 6.12. The average Bonchev–Trinajstić information content (AvgIpc) is 2.55. The largest absolute Gasteiger partial charge is 0.363 e. The van der Waals surface area contributed by atoms with E-state index in [1.165, 1.54) is 11.0 Å². The number of carbonyl (C=O) groups is 1. The van der Waals surface area contributed by atoms with E-state index in [0.29, 0.717) is 16.8 Å². The predicted octanol–water partition coefficient (Wildman–Crippen LogP) is 2.19. The Morgan fingerprint density at radius 1 is 1.24 bits per heavy atom. The van der Waals surface area contributed by atoms with Crippen LogP contribution < -0.4 is 10.7 Å². The summed E-state index contributed by atoms with van der Waals surface area (Å²) in [5.74, 6) is -2.13. The highest BCUT2D eigenvalue weighted by molar-refractivity contribution is 5.83. The zero-order chi connectivity index (χ0) is 18.7. The fraction of sp³-hybridized carbons (Fsp3) is 0.333. The van der Waals surface area contributed by atoms with Crippen LogP contribution in [0.3, 0.4) is 0 Å². The van der Waals surface area contributed by atoms with Gasteiger partial charge in [-0.2, -0.15) is 0 Å². The molecule has 0 saturated heterocycles. The second kappa shape index (κ2) is 7.57. The summed E-state index contributed by atoms with van der Waals surface area (Å²) in [6.45, 7) is 3.41. The summed E-state index contributed by atoms with van der Waals surface area (Å²) in [6.07, 6.45) is 1.57. The Labute approximate surface area is 144 Å². The molecule has 134 valence electrons. The van der Waals surface area contributed by atoms with Crippen LogP contribution in [0.2, 0.25) is 0 Å². The van der Waals surface area contributed by atoms with Crippen molar-refractivity contribution >= 4 is 5.91 Å². The quantitative estimate of drug-likeness (QED) is 0.870. The minimum atomic E-state index is -1.13. The molecule has 0 bridgehead atoms.